The van der Waals surface area contributed by atoms with Gasteiger partial charge in [0.1, 0.15) is 0 Å². The molecule has 7 heteroatoms. The summed E-state index contributed by atoms with van der Waals surface area (Å²) in [7, 11) is 0. The summed E-state index contributed by atoms with van der Waals surface area (Å²) < 4.78 is 0. The summed E-state index contributed by atoms with van der Waals surface area (Å²) in [5, 5.41) is 3.26. The van der Waals surface area contributed by atoms with Gasteiger partial charge < -0.3 is 20.0 Å². The quantitative estimate of drug-likeness (QED) is 0.776. The van der Waals surface area contributed by atoms with Gasteiger partial charge in [-0.3, -0.25) is 4.79 Å². The van der Waals surface area contributed by atoms with Crippen LogP contribution < -0.4 is 10.2 Å². The molecule has 1 aromatic heterocycles. The van der Waals surface area contributed by atoms with E-state index in [2.05, 4.69) is 71.0 Å². The van der Waals surface area contributed by atoms with E-state index in [4.69, 9.17) is 0 Å². The predicted octanol–water partition coefficient (Wildman–Crippen LogP) is 3.15. The summed E-state index contributed by atoms with van der Waals surface area (Å²) in [4.78, 5) is 27.9. The molecule has 1 aliphatic rings. The highest BCUT2D eigenvalue weighted by Crippen LogP contribution is 2.24. The second-order valence-electron chi connectivity index (χ2n) is 7.32. The van der Waals surface area contributed by atoms with Crippen LogP contribution in [0.4, 0.5) is 17.3 Å². The van der Waals surface area contributed by atoms with Gasteiger partial charge in [-0.15, -0.1) is 0 Å². The fourth-order valence-electron chi connectivity index (χ4n) is 3.65. The van der Waals surface area contributed by atoms with Crippen molar-refractivity contribution in [2.45, 2.75) is 27.7 Å². The molecule has 0 aliphatic carbocycles. The van der Waals surface area contributed by atoms with Crippen molar-refractivity contribution in [1.82, 2.24) is 19.8 Å². The van der Waals surface area contributed by atoms with Gasteiger partial charge in [0, 0.05) is 63.0 Å². The van der Waals surface area contributed by atoms with Gasteiger partial charge >= 0.3 is 0 Å². The number of nitrogens with one attached hydrogen (secondary N) is 1. The summed E-state index contributed by atoms with van der Waals surface area (Å²) in [6, 6.07) is 6.33. The molecule has 1 fully saturated rings. The normalized spacial score (nSPS) is 14.7. The first kappa shape index (κ1) is 21.0. The Morgan fingerprint density at radius 1 is 1.07 bits per heavy atom. The maximum Gasteiger partial charge on any atom is 0.257 e. The number of aryl methyl sites for hydroxylation is 1. The van der Waals surface area contributed by atoms with Crippen LogP contribution in [0.25, 0.3) is 0 Å². The topological polar surface area (TPSA) is 64.6 Å². The van der Waals surface area contributed by atoms with Crippen LogP contribution in [0.1, 0.15) is 36.7 Å². The highest BCUT2D eigenvalue weighted by atomic mass is 16.2. The molecule has 0 radical (unpaired) electrons. The lowest BCUT2D eigenvalue weighted by atomic mass is 10.1. The number of likely N-dealkylation sites (N-methyl/N-ethyl adjacent to an activating group) is 1. The molecule has 0 atom stereocenters. The van der Waals surface area contributed by atoms with Crippen molar-refractivity contribution in [3.63, 3.8) is 0 Å². The van der Waals surface area contributed by atoms with Crippen LogP contribution in [0.15, 0.2) is 30.6 Å². The molecular weight excluding hydrogens is 364 g/mol. The summed E-state index contributed by atoms with van der Waals surface area (Å²) in [6.07, 6.45) is 3.23. The van der Waals surface area contributed by atoms with Gasteiger partial charge in [-0.25, -0.2) is 9.97 Å². The number of aromatic nitrogens is 2. The molecule has 1 aromatic carbocycles. The van der Waals surface area contributed by atoms with Gasteiger partial charge in [-0.1, -0.05) is 6.92 Å². The van der Waals surface area contributed by atoms with E-state index in [1.807, 2.05) is 4.90 Å². The maximum absolute atomic E-state index is 12.7. The zero-order chi connectivity index (χ0) is 20.8. The minimum Gasteiger partial charge on any atom is -0.372 e. The Bertz CT molecular complexity index is 811. The first-order chi connectivity index (χ1) is 14.0. The Hall–Kier alpha value is -2.67. The Labute approximate surface area is 173 Å². The zero-order valence-corrected chi connectivity index (χ0v) is 18.0. The van der Waals surface area contributed by atoms with Crippen LogP contribution in [0, 0.1) is 6.92 Å². The molecule has 0 bridgehead atoms. The van der Waals surface area contributed by atoms with E-state index in [-0.39, 0.29) is 5.91 Å². The zero-order valence-electron chi connectivity index (χ0n) is 18.0. The van der Waals surface area contributed by atoms with Crippen molar-refractivity contribution in [1.29, 1.82) is 0 Å². The minimum absolute atomic E-state index is 0.00654. The van der Waals surface area contributed by atoms with Gasteiger partial charge in [0.2, 0.25) is 5.95 Å². The number of anilines is 3. The largest absolute Gasteiger partial charge is 0.372 e. The average molecular weight is 397 g/mol. The number of hydrogen-bond acceptors (Lipinski definition) is 6. The molecule has 1 aliphatic heterocycles. The summed E-state index contributed by atoms with van der Waals surface area (Å²) in [5.74, 6) is 0.503. The summed E-state index contributed by atoms with van der Waals surface area (Å²) >= 11 is 0. The van der Waals surface area contributed by atoms with Gasteiger partial charge in [-0.05, 0) is 51.1 Å². The molecule has 1 saturated heterocycles. The second kappa shape index (κ2) is 9.69. The molecule has 156 valence electrons. The van der Waals surface area contributed by atoms with Crippen LogP contribution >= 0.6 is 0 Å². The van der Waals surface area contributed by atoms with E-state index >= 15 is 0 Å². The molecular formula is C22H32N6O. The number of carbonyl (C=O) groups excluding carboxylic acids is 1. The summed E-state index contributed by atoms with van der Waals surface area (Å²) in [5.41, 5.74) is 3.85. The monoisotopic (exact) mass is 396 g/mol. The maximum atomic E-state index is 12.7. The van der Waals surface area contributed by atoms with Gasteiger partial charge in [-0.2, -0.15) is 0 Å². The van der Waals surface area contributed by atoms with Crippen molar-refractivity contribution >= 4 is 23.2 Å². The van der Waals surface area contributed by atoms with Crippen LogP contribution in [-0.2, 0) is 0 Å². The van der Waals surface area contributed by atoms with E-state index in [1.54, 1.807) is 12.4 Å². The second-order valence-corrected chi connectivity index (χ2v) is 7.32. The highest BCUT2D eigenvalue weighted by Gasteiger charge is 2.21. The number of rotatable bonds is 7. The molecule has 0 unspecified atom stereocenters. The lowest BCUT2D eigenvalue weighted by molar-refractivity contribution is 0.0642. The third-order valence-electron chi connectivity index (χ3n) is 5.59. The van der Waals surface area contributed by atoms with Crippen LogP contribution in [-0.4, -0.2) is 71.5 Å². The van der Waals surface area contributed by atoms with Crippen molar-refractivity contribution in [3.8, 4) is 0 Å². The van der Waals surface area contributed by atoms with E-state index in [9.17, 15) is 4.79 Å². The Balaban J connectivity index is 1.64. The van der Waals surface area contributed by atoms with Crippen LogP contribution in [0.2, 0.25) is 0 Å². The van der Waals surface area contributed by atoms with Crippen molar-refractivity contribution in [2.75, 3.05) is 56.0 Å². The Morgan fingerprint density at radius 2 is 1.72 bits per heavy atom. The van der Waals surface area contributed by atoms with E-state index < -0.39 is 0 Å². The van der Waals surface area contributed by atoms with Crippen molar-refractivity contribution in [3.05, 3.63) is 41.7 Å². The lowest BCUT2D eigenvalue weighted by Gasteiger charge is -2.33. The first-order valence-corrected chi connectivity index (χ1v) is 10.5. The Morgan fingerprint density at radius 3 is 2.28 bits per heavy atom. The number of carbonyl (C=O) groups is 1. The molecule has 7 nitrogen and oxygen atoms in total. The van der Waals surface area contributed by atoms with Crippen LogP contribution in [0.5, 0.6) is 0 Å². The Kier molecular flexibility index (Phi) is 7.04. The molecule has 2 aromatic rings. The van der Waals surface area contributed by atoms with Crippen molar-refractivity contribution in [2.24, 2.45) is 0 Å². The molecule has 0 spiro atoms. The van der Waals surface area contributed by atoms with Gasteiger partial charge in [0.25, 0.3) is 5.91 Å². The number of nitrogens with zero attached hydrogens (tertiary/aromatic N) is 5. The number of piperazine rings is 1. The fourth-order valence-corrected chi connectivity index (χ4v) is 3.65. The molecule has 2 heterocycles. The lowest BCUT2D eigenvalue weighted by Crippen LogP contribution is -2.48. The number of amides is 1. The summed E-state index contributed by atoms with van der Waals surface area (Å²) in [6.45, 7) is 14.9. The number of benzene rings is 1. The minimum atomic E-state index is 0.00654. The SMILES string of the molecule is CCN1CCN(C(=O)c2cnc(Nc3ccc(N(CC)CC)cc3C)nc2)CC1. The average Bonchev–Trinajstić information content (AvgIpc) is 2.76. The molecule has 1 N–H and O–H groups in total. The van der Waals surface area contributed by atoms with Gasteiger partial charge in [0.05, 0.1) is 5.56 Å². The fraction of sp³-hybridized carbons (Fsp3) is 0.500. The number of hydrogen-bond donors (Lipinski definition) is 1. The predicted molar refractivity (Wildman–Crippen MR) is 118 cm³/mol. The van der Waals surface area contributed by atoms with Crippen LogP contribution in [0.3, 0.4) is 0 Å². The highest BCUT2D eigenvalue weighted by molar-refractivity contribution is 5.93. The van der Waals surface area contributed by atoms with E-state index in [0.29, 0.717) is 11.5 Å². The van der Waals surface area contributed by atoms with E-state index in [1.165, 1.54) is 5.69 Å². The van der Waals surface area contributed by atoms with Crippen molar-refractivity contribution < 1.29 is 4.79 Å². The van der Waals surface area contributed by atoms with Gasteiger partial charge in [0.15, 0.2) is 0 Å². The standard InChI is InChI=1S/C22H32N6O/c1-5-26-10-12-28(13-11-26)21(29)18-15-23-22(24-16-18)25-20-9-8-19(14-17(20)4)27(6-2)7-3/h8-9,14-16H,5-7,10-13H2,1-4H3,(H,23,24,25). The molecule has 29 heavy (non-hydrogen) atoms. The first-order valence-electron chi connectivity index (χ1n) is 10.5. The molecule has 3 rings (SSSR count). The third kappa shape index (κ3) is 5.03. The molecule has 0 saturated carbocycles. The molecule has 1 amide bonds. The van der Waals surface area contributed by atoms with E-state index in [0.717, 1.165) is 57.1 Å². The third-order valence-corrected chi connectivity index (χ3v) is 5.59. The smallest absolute Gasteiger partial charge is 0.257 e.